The maximum absolute atomic E-state index is 11.0. The van der Waals surface area contributed by atoms with Gasteiger partial charge in [-0.3, -0.25) is 9.59 Å². The predicted molar refractivity (Wildman–Crippen MR) is 47.3 cm³/mol. The van der Waals surface area contributed by atoms with Crippen molar-refractivity contribution in [3.63, 3.8) is 0 Å². The molecule has 0 saturated carbocycles. The molecular formula is C7H8Cl2O4. The minimum Gasteiger partial charge on any atom is -0.468 e. The quantitative estimate of drug-likeness (QED) is 0.538. The maximum Gasteiger partial charge on any atom is 0.324 e. The van der Waals surface area contributed by atoms with Crippen molar-refractivity contribution in [1.82, 2.24) is 0 Å². The van der Waals surface area contributed by atoms with Crippen LogP contribution in [-0.2, 0) is 19.1 Å². The summed E-state index contributed by atoms with van der Waals surface area (Å²) in [6.45, 7) is 0. The van der Waals surface area contributed by atoms with Crippen molar-refractivity contribution >= 4 is 35.1 Å². The Balaban J connectivity index is 4.65. The van der Waals surface area contributed by atoms with Crippen LogP contribution in [0, 0.1) is 5.92 Å². The number of methoxy groups -OCH3 is 2. The summed E-state index contributed by atoms with van der Waals surface area (Å²) >= 11 is 10.6. The highest BCUT2D eigenvalue weighted by Gasteiger charge is 2.26. The summed E-state index contributed by atoms with van der Waals surface area (Å²) in [7, 11) is 2.29. The normalized spacial score (nSPS) is 9.31. The molecule has 0 bridgehead atoms. The van der Waals surface area contributed by atoms with Gasteiger partial charge in [-0.05, 0) is 6.08 Å². The van der Waals surface area contributed by atoms with E-state index in [0.29, 0.717) is 0 Å². The predicted octanol–water partition coefficient (Wildman–Crippen LogP) is 1.27. The fourth-order valence-corrected chi connectivity index (χ4v) is 0.864. The second kappa shape index (κ2) is 5.83. The van der Waals surface area contributed by atoms with E-state index in [9.17, 15) is 9.59 Å². The van der Waals surface area contributed by atoms with Crippen molar-refractivity contribution in [2.75, 3.05) is 14.2 Å². The van der Waals surface area contributed by atoms with E-state index in [1.54, 1.807) is 0 Å². The molecule has 0 aliphatic carbocycles. The topological polar surface area (TPSA) is 52.6 Å². The largest absolute Gasteiger partial charge is 0.468 e. The molecule has 0 atom stereocenters. The van der Waals surface area contributed by atoms with Gasteiger partial charge in [0, 0.05) is 0 Å². The fourth-order valence-electron chi connectivity index (χ4n) is 0.612. The van der Waals surface area contributed by atoms with Crippen LogP contribution >= 0.6 is 23.2 Å². The van der Waals surface area contributed by atoms with E-state index in [1.807, 2.05) is 0 Å². The first kappa shape index (κ1) is 12.3. The first-order chi connectivity index (χ1) is 6.02. The molecule has 0 saturated heterocycles. The van der Waals surface area contributed by atoms with Gasteiger partial charge in [0.05, 0.1) is 14.2 Å². The third-order valence-corrected chi connectivity index (χ3v) is 1.45. The Morgan fingerprint density at radius 3 is 1.77 bits per heavy atom. The molecule has 0 aliphatic heterocycles. The Kier molecular flexibility index (Phi) is 5.50. The minimum atomic E-state index is -1.21. The number of rotatable bonds is 3. The molecule has 0 radical (unpaired) electrons. The zero-order valence-electron chi connectivity index (χ0n) is 7.04. The molecular weight excluding hydrogens is 219 g/mol. The number of hydrogen-bond donors (Lipinski definition) is 0. The van der Waals surface area contributed by atoms with Crippen LogP contribution in [0.4, 0.5) is 0 Å². The molecule has 0 amide bonds. The van der Waals surface area contributed by atoms with E-state index in [2.05, 4.69) is 9.47 Å². The second-order valence-electron chi connectivity index (χ2n) is 1.98. The molecule has 0 aliphatic rings. The van der Waals surface area contributed by atoms with E-state index in [1.165, 1.54) is 0 Å². The lowest BCUT2D eigenvalue weighted by Crippen LogP contribution is -2.24. The van der Waals surface area contributed by atoms with Crippen LogP contribution in [-0.4, -0.2) is 26.2 Å². The van der Waals surface area contributed by atoms with E-state index in [-0.39, 0.29) is 4.49 Å². The van der Waals surface area contributed by atoms with Gasteiger partial charge in [0.1, 0.15) is 4.49 Å². The summed E-state index contributed by atoms with van der Waals surface area (Å²) in [5.41, 5.74) is 0. The first-order valence-corrected chi connectivity index (χ1v) is 3.97. The van der Waals surface area contributed by atoms with Crippen LogP contribution in [0.1, 0.15) is 0 Å². The zero-order valence-corrected chi connectivity index (χ0v) is 8.56. The molecule has 0 fully saturated rings. The number of carbonyl (C=O) groups excluding carboxylic acids is 2. The summed E-state index contributed by atoms with van der Waals surface area (Å²) in [4.78, 5) is 21.9. The summed E-state index contributed by atoms with van der Waals surface area (Å²) in [6.07, 6.45) is 1.04. The van der Waals surface area contributed by atoms with Crippen molar-refractivity contribution in [2.45, 2.75) is 0 Å². The van der Waals surface area contributed by atoms with Crippen LogP contribution in [0.15, 0.2) is 10.6 Å². The van der Waals surface area contributed by atoms with E-state index in [0.717, 1.165) is 20.3 Å². The molecule has 0 aromatic heterocycles. The highest BCUT2D eigenvalue weighted by molar-refractivity contribution is 6.56. The molecule has 0 aromatic carbocycles. The number of halogens is 2. The number of esters is 2. The van der Waals surface area contributed by atoms with Crippen LogP contribution in [0.5, 0.6) is 0 Å². The van der Waals surface area contributed by atoms with Gasteiger partial charge in [0.2, 0.25) is 0 Å². The second-order valence-corrected chi connectivity index (χ2v) is 2.99. The van der Waals surface area contributed by atoms with E-state index >= 15 is 0 Å². The van der Waals surface area contributed by atoms with Gasteiger partial charge in [0.15, 0.2) is 5.92 Å². The van der Waals surface area contributed by atoms with Gasteiger partial charge in [-0.2, -0.15) is 0 Å². The molecule has 0 unspecified atom stereocenters. The van der Waals surface area contributed by atoms with Crippen molar-refractivity contribution in [3.8, 4) is 0 Å². The Bertz CT molecular complexity index is 217. The Labute approximate surface area is 85.4 Å². The van der Waals surface area contributed by atoms with Gasteiger partial charge in [-0.15, -0.1) is 0 Å². The number of carbonyl (C=O) groups is 2. The first-order valence-electron chi connectivity index (χ1n) is 3.21. The monoisotopic (exact) mass is 226 g/mol. The lowest BCUT2D eigenvalue weighted by atomic mass is 10.1. The summed E-state index contributed by atoms with van der Waals surface area (Å²) in [5, 5.41) is 0. The van der Waals surface area contributed by atoms with Crippen LogP contribution < -0.4 is 0 Å². The molecule has 0 rings (SSSR count). The van der Waals surface area contributed by atoms with Gasteiger partial charge < -0.3 is 9.47 Å². The Hall–Kier alpha value is -0.740. The SMILES string of the molecule is COC(=O)C(C=C(Cl)Cl)C(=O)OC. The van der Waals surface area contributed by atoms with E-state index < -0.39 is 17.9 Å². The zero-order chi connectivity index (χ0) is 10.4. The summed E-state index contributed by atoms with van der Waals surface area (Å²) in [6, 6.07) is 0. The highest BCUT2D eigenvalue weighted by Crippen LogP contribution is 2.14. The van der Waals surface area contributed by atoms with Gasteiger partial charge in [-0.1, -0.05) is 23.2 Å². The van der Waals surface area contributed by atoms with Gasteiger partial charge in [-0.25, -0.2) is 0 Å². The molecule has 4 nitrogen and oxygen atoms in total. The molecule has 6 heteroatoms. The fraction of sp³-hybridized carbons (Fsp3) is 0.429. The van der Waals surface area contributed by atoms with Crippen molar-refractivity contribution in [3.05, 3.63) is 10.6 Å². The average molecular weight is 227 g/mol. The highest BCUT2D eigenvalue weighted by atomic mass is 35.5. The molecule has 0 aromatic rings. The molecule has 13 heavy (non-hydrogen) atoms. The Morgan fingerprint density at radius 1 is 1.15 bits per heavy atom. The van der Waals surface area contributed by atoms with Crippen LogP contribution in [0.3, 0.4) is 0 Å². The third kappa shape index (κ3) is 4.15. The van der Waals surface area contributed by atoms with E-state index in [4.69, 9.17) is 23.2 Å². The van der Waals surface area contributed by atoms with Gasteiger partial charge in [0.25, 0.3) is 0 Å². The maximum atomic E-state index is 11.0. The van der Waals surface area contributed by atoms with Crippen molar-refractivity contribution < 1.29 is 19.1 Å². The lowest BCUT2D eigenvalue weighted by Gasteiger charge is -2.07. The van der Waals surface area contributed by atoms with Gasteiger partial charge >= 0.3 is 11.9 Å². The molecule has 0 spiro atoms. The smallest absolute Gasteiger partial charge is 0.324 e. The number of ether oxygens (including phenoxy) is 2. The summed E-state index contributed by atoms with van der Waals surface area (Å²) < 4.78 is 8.48. The van der Waals surface area contributed by atoms with Crippen molar-refractivity contribution in [1.29, 1.82) is 0 Å². The van der Waals surface area contributed by atoms with Crippen LogP contribution in [0.25, 0.3) is 0 Å². The molecule has 0 heterocycles. The molecule has 74 valence electrons. The van der Waals surface area contributed by atoms with Crippen molar-refractivity contribution in [2.24, 2.45) is 5.92 Å². The Morgan fingerprint density at radius 2 is 1.54 bits per heavy atom. The lowest BCUT2D eigenvalue weighted by molar-refractivity contribution is -0.156. The summed E-state index contributed by atoms with van der Waals surface area (Å²) in [5.74, 6) is -2.75. The molecule has 0 N–H and O–H groups in total. The number of hydrogen-bond acceptors (Lipinski definition) is 4. The minimum absolute atomic E-state index is 0.194. The third-order valence-electron chi connectivity index (χ3n) is 1.20. The standard InChI is InChI=1S/C7H8Cl2O4/c1-12-6(10)4(3-5(8)9)7(11)13-2/h3-4H,1-2H3. The van der Waals surface area contributed by atoms with Crippen LogP contribution in [0.2, 0.25) is 0 Å². The average Bonchev–Trinajstić information content (AvgIpc) is 2.11.